The normalized spacial score (nSPS) is 21.3. The van der Waals surface area contributed by atoms with Crippen LogP contribution in [-0.4, -0.2) is 26.9 Å². The van der Waals surface area contributed by atoms with Gasteiger partial charge in [-0.15, -0.1) is 12.4 Å². The summed E-state index contributed by atoms with van der Waals surface area (Å²) >= 11 is 0. The van der Waals surface area contributed by atoms with Crippen molar-refractivity contribution in [2.24, 2.45) is 16.8 Å². The number of sulfonamides is 1. The lowest BCUT2D eigenvalue weighted by Gasteiger charge is -2.31. The van der Waals surface area contributed by atoms with E-state index in [4.69, 9.17) is 10.9 Å². The largest absolute Gasteiger partial charge is 0.349 e. The monoisotopic (exact) mass is 361 g/mol. The first-order valence-corrected chi connectivity index (χ1v) is 9.21. The molecule has 0 radical (unpaired) electrons. The van der Waals surface area contributed by atoms with E-state index in [0.29, 0.717) is 23.6 Å². The van der Waals surface area contributed by atoms with Crippen LogP contribution in [0.5, 0.6) is 0 Å². The first-order valence-electron chi connectivity index (χ1n) is 7.49. The highest BCUT2D eigenvalue weighted by Gasteiger charge is 2.25. The molecule has 2 rings (SSSR count). The van der Waals surface area contributed by atoms with Gasteiger partial charge in [0.05, 0.1) is 5.75 Å². The Balaban J connectivity index is 0.00000264. The molecule has 1 aromatic carbocycles. The van der Waals surface area contributed by atoms with Crippen molar-refractivity contribution in [3.8, 4) is 0 Å². The smallest absolute Gasteiger partial charge is 0.251 e. The molecular formula is C15H24ClN3O3S. The molecule has 1 aliphatic carbocycles. The highest BCUT2D eigenvalue weighted by atomic mass is 35.5. The number of carbonyl (C=O) groups is 1. The zero-order valence-electron chi connectivity index (χ0n) is 12.9. The number of rotatable bonds is 5. The summed E-state index contributed by atoms with van der Waals surface area (Å²) in [6, 6.07) is 6.64. The minimum atomic E-state index is -3.61. The summed E-state index contributed by atoms with van der Waals surface area (Å²) in [7, 11) is -3.61. The molecule has 0 bridgehead atoms. The zero-order chi connectivity index (χ0) is 16.2. The summed E-state index contributed by atoms with van der Waals surface area (Å²) in [5.41, 5.74) is 6.72. The van der Waals surface area contributed by atoms with Crippen LogP contribution in [-0.2, 0) is 15.8 Å². The third-order valence-electron chi connectivity index (χ3n) is 4.09. The predicted molar refractivity (Wildman–Crippen MR) is 92.8 cm³/mol. The van der Waals surface area contributed by atoms with Crippen molar-refractivity contribution in [1.82, 2.24) is 5.32 Å². The van der Waals surface area contributed by atoms with Gasteiger partial charge in [0.2, 0.25) is 10.0 Å². The van der Waals surface area contributed by atoms with Crippen molar-refractivity contribution in [3.05, 3.63) is 35.4 Å². The molecule has 2 unspecified atom stereocenters. The van der Waals surface area contributed by atoms with Crippen molar-refractivity contribution in [1.29, 1.82) is 0 Å². The molecule has 0 aromatic heterocycles. The fraction of sp³-hybridized carbons (Fsp3) is 0.533. The van der Waals surface area contributed by atoms with Crippen LogP contribution in [0.25, 0.3) is 0 Å². The Hall–Kier alpha value is -1.15. The number of amides is 1. The second-order valence-corrected chi connectivity index (χ2v) is 7.48. The van der Waals surface area contributed by atoms with E-state index in [-0.39, 0.29) is 30.1 Å². The summed E-state index contributed by atoms with van der Waals surface area (Å²) in [6.07, 6.45) is 4.21. The van der Waals surface area contributed by atoms with Crippen LogP contribution in [0.3, 0.4) is 0 Å². The first-order chi connectivity index (χ1) is 10.4. The Morgan fingerprint density at radius 1 is 1.26 bits per heavy atom. The third-order valence-corrected chi connectivity index (χ3v) is 4.82. The average Bonchev–Trinajstić information content (AvgIpc) is 2.46. The van der Waals surface area contributed by atoms with Gasteiger partial charge in [0.1, 0.15) is 0 Å². The van der Waals surface area contributed by atoms with Gasteiger partial charge in [-0.05, 0) is 43.0 Å². The van der Waals surface area contributed by atoms with Crippen LogP contribution in [0.15, 0.2) is 24.3 Å². The van der Waals surface area contributed by atoms with Crippen LogP contribution in [0, 0.1) is 5.92 Å². The van der Waals surface area contributed by atoms with Gasteiger partial charge in [-0.3, -0.25) is 4.79 Å². The number of carbonyl (C=O) groups excluding carboxylic acids is 1. The molecule has 0 aliphatic heterocycles. The van der Waals surface area contributed by atoms with E-state index in [1.807, 2.05) is 0 Å². The fourth-order valence-electron chi connectivity index (χ4n) is 2.97. The Morgan fingerprint density at radius 3 is 2.61 bits per heavy atom. The zero-order valence-corrected chi connectivity index (χ0v) is 14.5. The number of nitrogens with two attached hydrogens (primary N) is 2. The number of halogens is 1. The Labute approximate surface area is 143 Å². The highest BCUT2D eigenvalue weighted by Crippen LogP contribution is 2.23. The van der Waals surface area contributed by atoms with Crippen LogP contribution >= 0.6 is 12.4 Å². The molecule has 8 heteroatoms. The van der Waals surface area contributed by atoms with E-state index in [1.54, 1.807) is 24.3 Å². The molecule has 23 heavy (non-hydrogen) atoms. The van der Waals surface area contributed by atoms with Crippen molar-refractivity contribution in [2.45, 2.75) is 37.5 Å². The molecule has 1 aromatic rings. The molecule has 130 valence electrons. The number of benzene rings is 1. The van der Waals surface area contributed by atoms with Gasteiger partial charge in [0, 0.05) is 11.6 Å². The van der Waals surface area contributed by atoms with Gasteiger partial charge in [0.25, 0.3) is 5.91 Å². The molecule has 2 atom stereocenters. The van der Waals surface area contributed by atoms with E-state index in [0.717, 1.165) is 25.7 Å². The van der Waals surface area contributed by atoms with Crippen LogP contribution < -0.4 is 16.2 Å². The maximum atomic E-state index is 12.4. The second-order valence-electron chi connectivity index (χ2n) is 5.87. The Kier molecular flexibility index (Phi) is 7.47. The lowest BCUT2D eigenvalue weighted by molar-refractivity contribution is 0.0908. The highest BCUT2D eigenvalue weighted by molar-refractivity contribution is 7.88. The molecular weight excluding hydrogens is 338 g/mol. The van der Waals surface area contributed by atoms with Crippen molar-refractivity contribution < 1.29 is 13.2 Å². The van der Waals surface area contributed by atoms with Crippen LogP contribution in [0.2, 0.25) is 0 Å². The quantitative estimate of drug-likeness (QED) is 0.729. The van der Waals surface area contributed by atoms with Crippen LogP contribution in [0.4, 0.5) is 0 Å². The third kappa shape index (κ3) is 6.10. The molecule has 6 nitrogen and oxygen atoms in total. The summed E-state index contributed by atoms with van der Waals surface area (Å²) < 4.78 is 22.3. The van der Waals surface area contributed by atoms with Crippen molar-refractivity contribution in [3.63, 3.8) is 0 Å². The average molecular weight is 362 g/mol. The summed E-state index contributed by atoms with van der Waals surface area (Å²) in [5.74, 6) is -0.157. The SMILES string of the molecule is Cl.NCC1CCCCC1NC(=O)c1cccc(CS(N)(=O)=O)c1. The minimum absolute atomic E-state index is 0. The predicted octanol–water partition coefficient (Wildman–Crippen LogP) is 1.14. The summed E-state index contributed by atoms with van der Waals surface area (Å²) in [5, 5.41) is 8.06. The summed E-state index contributed by atoms with van der Waals surface area (Å²) in [4.78, 5) is 12.4. The number of hydrogen-bond acceptors (Lipinski definition) is 4. The molecule has 5 N–H and O–H groups in total. The molecule has 1 amide bonds. The van der Waals surface area contributed by atoms with Crippen molar-refractivity contribution >= 4 is 28.3 Å². The number of nitrogens with one attached hydrogen (secondary N) is 1. The topological polar surface area (TPSA) is 115 Å². The molecule has 1 saturated carbocycles. The van der Waals surface area contributed by atoms with Gasteiger partial charge in [-0.25, -0.2) is 13.6 Å². The molecule has 0 heterocycles. The molecule has 0 spiro atoms. The maximum Gasteiger partial charge on any atom is 0.251 e. The minimum Gasteiger partial charge on any atom is -0.349 e. The van der Waals surface area contributed by atoms with Gasteiger partial charge in [-0.1, -0.05) is 25.0 Å². The second kappa shape index (κ2) is 8.63. The fourth-order valence-corrected chi connectivity index (χ4v) is 3.61. The van der Waals surface area contributed by atoms with E-state index in [1.165, 1.54) is 0 Å². The van der Waals surface area contributed by atoms with E-state index in [9.17, 15) is 13.2 Å². The van der Waals surface area contributed by atoms with Gasteiger partial charge >= 0.3 is 0 Å². The lowest BCUT2D eigenvalue weighted by atomic mass is 9.84. The Bertz CT molecular complexity index is 637. The van der Waals surface area contributed by atoms with Gasteiger partial charge < -0.3 is 11.1 Å². The van der Waals surface area contributed by atoms with Crippen molar-refractivity contribution in [2.75, 3.05) is 6.54 Å². The summed E-state index contributed by atoms with van der Waals surface area (Å²) in [6.45, 7) is 0.566. The van der Waals surface area contributed by atoms with Gasteiger partial charge in [-0.2, -0.15) is 0 Å². The molecule has 1 aliphatic rings. The molecule has 1 fully saturated rings. The van der Waals surface area contributed by atoms with Gasteiger partial charge in [0.15, 0.2) is 0 Å². The number of hydrogen-bond donors (Lipinski definition) is 3. The first kappa shape index (κ1) is 19.9. The van der Waals surface area contributed by atoms with E-state index in [2.05, 4.69) is 5.32 Å². The molecule has 0 saturated heterocycles. The number of primary sulfonamides is 1. The maximum absolute atomic E-state index is 12.4. The lowest BCUT2D eigenvalue weighted by Crippen LogP contribution is -2.44. The Morgan fingerprint density at radius 2 is 1.96 bits per heavy atom. The van der Waals surface area contributed by atoms with Crippen LogP contribution in [0.1, 0.15) is 41.6 Å². The van der Waals surface area contributed by atoms with E-state index < -0.39 is 10.0 Å². The standard InChI is InChI=1S/C15H23N3O3S.ClH/c16-9-13-5-1-2-7-14(13)18-15(19)12-6-3-4-11(8-12)10-22(17,20)21;/h3-4,6,8,13-14H,1-2,5,7,9-10,16H2,(H,18,19)(H2,17,20,21);1H. The van der Waals surface area contributed by atoms with E-state index >= 15 is 0 Å².